The number of aliphatic hydroxyl groups is 2. The number of aliphatic hydroxyl groups excluding tert-OH is 2. The van der Waals surface area contributed by atoms with Crippen LogP contribution in [0.5, 0.6) is 0 Å². The molecule has 0 rings (SSSR count). The summed E-state index contributed by atoms with van der Waals surface area (Å²) in [7, 11) is 0. The molecule has 0 spiro atoms. The molecule has 122 valence electrons. The van der Waals surface area contributed by atoms with Gasteiger partial charge in [-0.15, -0.1) is 0 Å². The van der Waals surface area contributed by atoms with Crippen molar-refractivity contribution in [1.29, 1.82) is 0 Å². The van der Waals surface area contributed by atoms with Crippen LogP contribution in [0, 0.1) is 11.8 Å². The third-order valence-electron chi connectivity index (χ3n) is 3.90. The van der Waals surface area contributed by atoms with Gasteiger partial charge in [0.2, 0.25) is 0 Å². The molecule has 0 aromatic rings. The topological polar surface area (TPSA) is 74.6 Å². The zero-order valence-corrected chi connectivity index (χ0v) is 15.3. The molecule has 0 heterocycles. The Hall–Kier alpha value is -0.0257. The van der Waals surface area contributed by atoms with E-state index in [0.717, 1.165) is 12.8 Å². The van der Waals surface area contributed by atoms with Gasteiger partial charge in [0.15, 0.2) is 0 Å². The van der Waals surface area contributed by atoms with Crippen molar-refractivity contribution in [2.45, 2.75) is 78.4 Å². The Bertz CT molecular complexity index is 289. The average molecular weight is 334 g/mol. The van der Waals surface area contributed by atoms with Gasteiger partial charge in [0.1, 0.15) is 0 Å². The van der Waals surface area contributed by atoms with Gasteiger partial charge in [-0.2, -0.15) is 0 Å². The summed E-state index contributed by atoms with van der Waals surface area (Å²) in [5, 5.41) is 20.0. The Labute approximate surface area is 137 Å². The van der Waals surface area contributed by atoms with Crippen LogP contribution in [0.25, 0.3) is 0 Å². The maximum atomic E-state index is 12.3. The molecular weight excluding hydrogens is 304 g/mol. The molecule has 5 heteroatoms. The SMILES string of the molecule is CCCC(O)C(CC)[C](=O)[Ti][C](=O)C(CC)C(O)CCC. The standard InChI is InChI=1S/2C8H15O2.Ti/c2*1-3-5-8(10)7(4-2)6-9;/h2*7-8,10H,3-5H2,1-2H3;. The molecule has 0 fully saturated rings. The third kappa shape index (κ3) is 7.18. The van der Waals surface area contributed by atoms with Gasteiger partial charge >= 0.3 is 137 Å². The zero-order chi connectivity index (χ0) is 16.4. The van der Waals surface area contributed by atoms with Crippen LogP contribution in [0.4, 0.5) is 0 Å². The Morgan fingerprint density at radius 2 is 1.14 bits per heavy atom. The van der Waals surface area contributed by atoms with E-state index in [-0.39, 0.29) is 8.18 Å². The fraction of sp³-hybridized carbons (Fsp3) is 0.875. The van der Waals surface area contributed by atoms with E-state index in [1.165, 1.54) is 0 Å². The maximum absolute atomic E-state index is 12.3. The van der Waals surface area contributed by atoms with Crippen LogP contribution in [0.15, 0.2) is 0 Å². The molecule has 0 aliphatic carbocycles. The second-order valence-electron chi connectivity index (χ2n) is 5.60. The molecule has 0 bridgehead atoms. The van der Waals surface area contributed by atoms with Gasteiger partial charge in [0, 0.05) is 0 Å². The number of rotatable bonds is 12. The van der Waals surface area contributed by atoms with Gasteiger partial charge in [-0.1, -0.05) is 0 Å². The number of hydrogen-bond donors (Lipinski definition) is 2. The van der Waals surface area contributed by atoms with Crippen LogP contribution in [-0.2, 0) is 28.7 Å². The fourth-order valence-electron chi connectivity index (χ4n) is 2.57. The van der Waals surface area contributed by atoms with Crippen LogP contribution in [0.2, 0.25) is 0 Å². The van der Waals surface area contributed by atoms with Gasteiger partial charge in [0.05, 0.1) is 0 Å². The molecule has 0 radical (unpaired) electrons. The van der Waals surface area contributed by atoms with Crippen molar-refractivity contribution in [3.05, 3.63) is 0 Å². The van der Waals surface area contributed by atoms with Crippen molar-refractivity contribution in [3.8, 4) is 0 Å². The molecule has 4 nitrogen and oxygen atoms in total. The first kappa shape index (κ1) is 21.0. The minimum atomic E-state index is -1.43. The van der Waals surface area contributed by atoms with Gasteiger partial charge in [-0.25, -0.2) is 0 Å². The Morgan fingerprint density at radius 1 is 0.810 bits per heavy atom. The monoisotopic (exact) mass is 334 g/mol. The first-order valence-corrected chi connectivity index (χ1v) is 9.69. The first-order valence-electron chi connectivity index (χ1n) is 8.13. The van der Waals surface area contributed by atoms with E-state index in [0.29, 0.717) is 25.7 Å². The van der Waals surface area contributed by atoms with E-state index in [2.05, 4.69) is 0 Å². The molecule has 0 saturated heterocycles. The van der Waals surface area contributed by atoms with E-state index in [1.54, 1.807) is 0 Å². The molecule has 0 aliphatic heterocycles. The predicted molar refractivity (Wildman–Crippen MR) is 79.4 cm³/mol. The zero-order valence-electron chi connectivity index (χ0n) is 13.8. The summed E-state index contributed by atoms with van der Waals surface area (Å²) in [6, 6.07) is 0. The molecular formula is C16H30O4Ti. The van der Waals surface area contributed by atoms with Crippen molar-refractivity contribution in [3.63, 3.8) is 0 Å². The van der Waals surface area contributed by atoms with Crippen molar-refractivity contribution < 1.29 is 39.0 Å². The third-order valence-corrected chi connectivity index (χ3v) is 5.82. The number of carbonyl (C=O) groups is 2. The van der Waals surface area contributed by atoms with E-state index in [4.69, 9.17) is 0 Å². The first-order chi connectivity index (χ1) is 9.92. The van der Waals surface area contributed by atoms with E-state index < -0.39 is 43.2 Å². The van der Waals surface area contributed by atoms with Crippen LogP contribution in [-0.4, -0.2) is 30.6 Å². The van der Waals surface area contributed by atoms with Gasteiger partial charge in [0.25, 0.3) is 0 Å². The number of hydrogen-bond acceptors (Lipinski definition) is 4. The Kier molecular flexibility index (Phi) is 11.5. The summed E-state index contributed by atoms with van der Waals surface area (Å²) in [4.78, 5) is 24.6. The van der Waals surface area contributed by atoms with Crippen LogP contribution < -0.4 is 0 Å². The van der Waals surface area contributed by atoms with Crippen molar-refractivity contribution >= 4 is 8.18 Å². The number of carbonyl (C=O) groups excluding carboxylic acids is 2. The molecule has 4 atom stereocenters. The molecule has 0 aromatic carbocycles. The summed E-state index contributed by atoms with van der Waals surface area (Å²) in [5.74, 6) is -0.815. The Balaban J connectivity index is 4.68. The van der Waals surface area contributed by atoms with Crippen LogP contribution in [0.1, 0.15) is 66.2 Å². The quantitative estimate of drug-likeness (QED) is 0.538. The van der Waals surface area contributed by atoms with Crippen LogP contribution >= 0.6 is 0 Å². The molecule has 0 aliphatic rings. The second-order valence-corrected chi connectivity index (χ2v) is 7.52. The fourth-order valence-corrected chi connectivity index (χ4v) is 4.76. The normalized spacial score (nSPS) is 16.9. The summed E-state index contributed by atoms with van der Waals surface area (Å²) < 4.78 is -0.129. The van der Waals surface area contributed by atoms with E-state index >= 15 is 0 Å². The van der Waals surface area contributed by atoms with E-state index in [1.807, 2.05) is 27.7 Å². The Morgan fingerprint density at radius 3 is 1.38 bits per heavy atom. The predicted octanol–water partition coefficient (Wildman–Crippen LogP) is 2.50. The molecule has 4 unspecified atom stereocenters. The van der Waals surface area contributed by atoms with Gasteiger partial charge < -0.3 is 0 Å². The molecule has 0 aromatic heterocycles. The summed E-state index contributed by atoms with van der Waals surface area (Å²) >= 11 is -1.43. The van der Waals surface area contributed by atoms with Gasteiger partial charge in [-0.05, 0) is 0 Å². The second kappa shape index (κ2) is 11.5. The van der Waals surface area contributed by atoms with Crippen molar-refractivity contribution in [2.24, 2.45) is 11.8 Å². The van der Waals surface area contributed by atoms with Gasteiger partial charge in [-0.3, -0.25) is 0 Å². The summed E-state index contributed by atoms with van der Waals surface area (Å²) in [6.07, 6.45) is 2.73. The molecule has 21 heavy (non-hydrogen) atoms. The van der Waals surface area contributed by atoms with Crippen molar-refractivity contribution in [2.75, 3.05) is 0 Å². The van der Waals surface area contributed by atoms with E-state index in [9.17, 15) is 19.8 Å². The summed E-state index contributed by atoms with van der Waals surface area (Å²) in [5.41, 5.74) is 0. The van der Waals surface area contributed by atoms with Crippen molar-refractivity contribution in [1.82, 2.24) is 0 Å². The molecule has 2 N–H and O–H groups in total. The molecule has 0 saturated carbocycles. The molecule has 0 amide bonds. The average Bonchev–Trinajstić information content (AvgIpc) is 2.40. The summed E-state index contributed by atoms with van der Waals surface area (Å²) in [6.45, 7) is 7.69. The van der Waals surface area contributed by atoms with Crippen LogP contribution in [0.3, 0.4) is 0 Å². The minimum absolute atomic E-state index is 0.0643.